The maximum atomic E-state index is 12.2. The molecule has 8 heteroatoms. The van der Waals surface area contributed by atoms with E-state index in [9.17, 15) is 9.59 Å². The molecule has 0 aliphatic heterocycles. The first-order valence-corrected chi connectivity index (χ1v) is 9.65. The van der Waals surface area contributed by atoms with Gasteiger partial charge < -0.3 is 9.47 Å². The summed E-state index contributed by atoms with van der Waals surface area (Å²) in [5.41, 5.74) is 6.19. The Morgan fingerprint density at radius 2 is 1.76 bits per heavy atom. The number of ether oxygens (including phenoxy) is 2. The lowest BCUT2D eigenvalue weighted by Crippen LogP contribution is -2.49. The van der Waals surface area contributed by atoms with Crippen LogP contribution in [-0.4, -0.2) is 29.6 Å². The van der Waals surface area contributed by atoms with Crippen LogP contribution in [0.15, 0.2) is 48.5 Å². The van der Waals surface area contributed by atoms with Crippen molar-refractivity contribution in [3.05, 3.63) is 59.7 Å². The van der Waals surface area contributed by atoms with Crippen LogP contribution in [-0.2, 0) is 4.79 Å². The van der Waals surface area contributed by atoms with Gasteiger partial charge in [-0.3, -0.25) is 25.8 Å². The van der Waals surface area contributed by atoms with Crippen LogP contribution in [0.2, 0.25) is 0 Å². The summed E-state index contributed by atoms with van der Waals surface area (Å²) in [6.07, 6.45) is 0.994. The summed E-state index contributed by atoms with van der Waals surface area (Å²) in [5.74, 6) is 0.483. The van der Waals surface area contributed by atoms with Crippen LogP contribution in [0.3, 0.4) is 0 Å². The van der Waals surface area contributed by atoms with E-state index in [1.54, 1.807) is 30.3 Å². The highest BCUT2D eigenvalue weighted by Crippen LogP contribution is 2.16. The van der Waals surface area contributed by atoms with Crippen LogP contribution in [0.5, 0.6) is 11.5 Å². The summed E-state index contributed by atoms with van der Waals surface area (Å²) >= 11 is 5.02. The van der Waals surface area contributed by atoms with E-state index in [0.717, 1.165) is 12.0 Å². The van der Waals surface area contributed by atoms with Crippen molar-refractivity contribution in [1.29, 1.82) is 0 Å². The third-order valence-corrected chi connectivity index (χ3v) is 4.23. The van der Waals surface area contributed by atoms with Gasteiger partial charge in [-0.15, -0.1) is 0 Å². The normalized spacial score (nSPS) is 11.1. The summed E-state index contributed by atoms with van der Waals surface area (Å²) in [6.45, 7) is 5.71. The summed E-state index contributed by atoms with van der Waals surface area (Å²) in [7, 11) is 0. The predicted molar refractivity (Wildman–Crippen MR) is 115 cm³/mol. The van der Waals surface area contributed by atoms with Gasteiger partial charge in [0.1, 0.15) is 11.5 Å². The van der Waals surface area contributed by atoms with E-state index in [0.29, 0.717) is 17.1 Å². The fraction of sp³-hybridized carbons (Fsp3) is 0.286. The average Bonchev–Trinajstić information content (AvgIpc) is 2.72. The molecule has 0 saturated carbocycles. The predicted octanol–water partition coefficient (Wildman–Crippen LogP) is 2.89. The van der Waals surface area contributed by atoms with Gasteiger partial charge in [0.2, 0.25) is 0 Å². The molecular weight excluding hydrogens is 390 g/mol. The molecule has 1 atom stereocenters. The molecule has 0 radical (unpaired) electrons. The second kappa shape index (κ2) is 11.0. The van der Waals surface area contributed by atoms with E-state index in [1.807, 2.05) is 39.0 Å². The lowest BCUT2D eigenvalue weighted by Gasteiger charge is -2.13. The number of nitrogens with one attached hydrogen (secondary N) is 3. The lowest BCUT2D eigenvalue weighted by atomic mass is 10.2. The third kappa shape index (κ3) is 7.42. The number of hydrazine groups is 1. The van der Waals surface area contributed by atoms with E-state index in [1.165, 1.54) is 0 Å². The zero-order valence-electron chi connectivity index (χ0n) is 16.7. The molecule has 2 aromatic carbocycles. The number of thiocarbonyl (C=S) groups is 1. The zero-order valence-corrected chi connectivity index (χ0v) is 17.5. The number of para-hydroxylation sites is 1. The van der Waals surface area contributed by atoms with Gasteiger partial charge in [0.15, 0.2) is 11.7 Å². The molecule has 0 aromatic heterocycles. The minimum Gasteiger partial charge on any atom is -0.491 e. The molecule has 0 aliphatic carbocycles. The Hall–Kier alpha value is -3.13. The van der Waals surface area contributed by atoms with Crippen LogP contribution >= 0.6 is 12.2 Å². The zero-order chi connectivity index (χ0) is 21.2. The van der Waals surface area contributed by atoms with Crippen molar-refractivity contribution in [2.45, 2.75) is 33.3 Å². The number of carbonyl (C=O) groups excluding carboxylic acids is 2. The fourth-order valence-electron chi connectivity index (χ4n) is 2.23. The van der Waals surface area contributed by atoms with Gasteiger partial charge in [-0.2, -0.15) is 0 Å². The molecule has 1 unspecified atom stereocenters. The van der Waals surface area contributed by atoms with Crippen molar-refractivity contribution >= 4 is 29.1 Å². The number of amides is 2. The SMILES string of the molecule is CCC(C)Oc1ccc(C(=O)NC(=S)NNC(=O)COc2ccccc2C)cc1. The van der Waals surface area contributed by atoms with Crippen LogP contribution in [0.1, 0.15) is 36.2 Å². The van der Waals surface area contributed by atoms with Crippen LogP contribution in [0.4, 0.5) is 0 Å². The van der Waals surface area contributed by atoms with E-state index < -0.39 is 11.8 Å². The van der Waals surface area contributed by atoms with Crippen molar-refractivity contribution in [3.8, 4) is 11.5 Å². The van der Waals surface area contributed by atoms with Crippen molar-refractivity contribution in [2.24, 2.45) is 0 Å². The maximum absolute atomic E-state index is 12.2. The highest BCUT2D eigenvalue weighted by atomic mass is 32.1. The Balaban J connectivity index is 1.74. The first-order valence-electron chi connectivity index (χ1n) is 9.24. The fourth-order valence-corrected chi connectivity index (χ4v) is 2.38. The van der Waals surface area contributed by atoms with Gasteiger partial charge in [-0.1, -0.05) is 25.1 Å². The van der Waals surface area contributed by atoms with Crippen molar-refractivity contribution in [1.82, 2.24) is 16.2 Å². The number of carbonyl (C=O) groups is 2. The summed E-state index contributed by atoms with van der Waals surface area (Å²) in [4.78, 5) is 24.1. The Labute approximate surface area is 175 Å². The Bertz CT molecular complexity index is 855. The number of hydrogen-bond donors (Lipinski definition) is 3. The largest absolute Gasteiger partial charge is 0.491 e. The van der Waals surface area contributed by atoms with E-state index in [2.05, 4.69) is 16.2 Å². The number of aryl methyl sites for hydroxylation is 1. The van der Waals surface area contributed by atoms with Gasteiger partial charge in [0, 0.05) is 5.56 Å². The molecule has 7 nitrogen and oxygen atoms in total. The number of benzene rings is 2. The summed E-state index contributed by atoms with van der Waals surface area (Å²) in [6, 6.07) is 14.1. The molecule has 2 rings (SSSR count). The van der Waals surface area contributed by atoms with Crippen LogP contribution < -0.4 is 25.6 Å². The first-order chi connectivity index (χ1) is 13.9. The Morgan fingerprint density at radius 3 is 2.41 bits per heavy atom. The minimum atomic E-state index is -0.434. The first kappa shape index (κ1) is 22.2. The monoisotopic (exact) mass is 415 g/mol. The van der Waals surface area contributed by atoms with Crippen LogP contribution in [0, 0.1) is 6.92 Å². The van der Waals surface area contributed by atoms with Crippen molar-refractivity contribution in [2.75, 3.05) is 6.61 Å². The molecule has 2 aromatic rings. The molecule has 3 N–H and O–H groups in total. The summed E-state index contributed by atoms with van der Waals surface area (Å²) in [5, 5.41) is 2.46. The van der Waals surface area contributed by atoms with Gasteiger partial charge in [0.05, 0.1) is 6.10 Å². The van der Waals surface area contributed by atoms with E-state index >= 15 is 0 Å². The Kier molecular flexibility index (Phi) is 8.42. The topological polar surface area (TPSA) is 88.7 Å². The second-order valence-electron chi connectivity index (χ2n) is 6.37. The van der Waals surface area contributed by atoms with E-state index in [-0.39, 0.29) is 17.8 Å². The third-order valence-electron chi connectivity index (χ3n) is 4.02. The molecule has 0 saturated heterocycles. The van der Waals surface area contributed by atoms with Crippen LogP contribution in [0.25, 0.3) is 0 Å². The standard InChI is InChI=1S/C21H25N3O4S/c1-4-15(3)28-17-11-9-16(10-12-17)20(26)22-21(29)24-23-19(25)13-27-18-8-6-5-7-14(18)2/h5-12,15H,4,13H2,1-3H3,(H,23,25)(H2,22,24,26,29). The lowest BCUT2D eigenvalue weighted by molar-refractivity contribution is -0.123. The van der Waals surface area contributed by atoms with Gasteiger partial charge >= 0.3 is 0 Å². The second-order valence-corrected chi connectivity index (χ2v) is 6.78. The smallest absolute Gasteiger partial charge is 0.276 e. The summed E-state index contributed by atoms with van der Waals surface area (Å²) < 4.78 is 11.1. The molecule has 2 amide bonds. The Morgan fingerprint density at radius 1 is 1.07 bits per heavy atom. The van der Waals surface area contributed by atoms with Crippen molar-refractivity contribution < 1.29 is 19.1 Å². The van der Waals surface area contributed by atoms with Gasteiger partial charge in [-0.25, -0.2) is 0 Å². The van der Waals surface area contributed by atoms with Gasteiger partial charge in [0.25, 0.3) is 11.8 Å². The quantitative estimate of drug-likeness (QED) is 0.476. The minimum absolute atomic E-state index is 0.0285. The van der Waals surface area contributed by atoms with E-state index in [4.69, 9.17) is 21.7 Å². The molecule has 0 aliphatic rings. The molecule has 29 heavy (non-hydrogen) atoms. The number of hydrogen-bond acceptors (Lipinski definition) is 5. The van der Waals surface area contributed by atoms with Gasteiger partial charge in [-0.05, 0) is 68.4 Å². The van der Waals surface area contributed by atoms with Crippen molar-refractivity contribution in [3.63, 3.8) is 0 Å². The molecule has 0 bridgehead atoms. The maximum Gasteiger partial charge on any atom is 0.276 e. The number of rotatable bonds is 7. The highest BCUT2D eigenvalue weighted by Gasteiger charge is 2.10. The molecule has 0 spiro atoms. The molecule has 0 heterocycles. The molecule has 0 fully saturated rings. The average molecular weight is 416 g/mol. The molecular formula is C21H25N3O4S. The highest BCUT2D eigenvalue weighted by molar-refractivity contribution is 7.80. The molecule has 154 valence electrons.